The van der Waals surface area contributed by atoms with Crippen molar-refractivity contribution in [2.24, 2.45) is 13.0 Å². The molecule has 6 heteroatoms. The summed E-state index contributed by atoms with van der Waals surface area (Å²) in [4.78, 5) is 36.7. The number of carboxylic acid groups (broad SMARTS) is 1. The molecular weight excluding hydrogens is 272 g/mol. The Morgan fingerprint density at radius 2 is 2.19 bits per heavy atom. The molecule has 0 radical (unpaired) electrons. The van der Waals surface area contributed by atoms with Crippen LogP contribution in [0.1, 0.15) is 36.0 Å². The van der Waals surface area contributed by atoms with Crippen molar-refractivity contribution in [2.75, 3.05) is 13.1 Å². The first-order valence-electron chi connectivity index (χ1n) is 7.15. The molecule has 0 bridgehead atoms. The first-order chi connectivity index (χ1) is 9.99. The zero-order valence-corrected chi connectivity index (χ0v) is 12.1. The molecule has 1 aliphatic heterocycles. The van der Waals surface area contributed by atoms with E-state index in [0.29, 0.717) is 19.5 Å². The lowest BCUT2D eigenvalue weighted by Crippen LogP contribution is -2.42. The second-order valence-corrected chi connectivity index (χ2v) is 5.53. The van der Waals surface area contributed by atoms with E-state index in [1.165, 1.54) is 4.57 Å². The van der Waals surface area contributed by atoms with Crippen molar-refractivity contribution >= 4 is 11.9 Å². The normalized spacial score (nSPS) is 18.5. The summed E-state index contributed by atoms with van der Waals surface area (Å²) in [6, 6.07) is 3.23. The molecule has 1 atom stereocenters. The van der Waals surface area contributed by atoms with Crippen molar-refractivity contribution in [3.05, 3.63) is 34.2 Å². The van der Waals surface area contributed by atoms with Gasteiger partial charge in [0.2, 0.25) is 0 Å². The quantitative estimate of drug-likeness (QED) is 0.901. The van der Waals surface area contributed by atoms with Crippen LogP contribution in [0.3, 0.4) is 0 Å². The minimum atomic E-state index is -0.810. The molecule has 1 saturated heterocycles. The van der Waals surface area contributed by atoms with Crippen LogP contribution in [0.5, 0.6) is 0 Å². The summed E-state index contributed by atoms with van der Waals surface area (Å²) >= 11 is 0. The molecule has 21 heavy (non-hydrogen) atoms. The predicted molar refractivity (Wildman–Crippen MR) is 77.2 cm³/mol. The van der Waals surface area contributed by atoms with Crippen molar-refractivity contribution in [2.45, 2.75) is 25.7 Å². The Kier molecular flexibility index (Phi) is 4.77. The highest BCUT2D eigenvalue weighted by molar-refractivity contribution is 5.93. The van der Waals surface area contributed by atoms with Crippen LogP contribution in [-0.4, -0.2) is 39.5 Å². The van der Waals surface area contributed by atoms with Crippen molar-refractivity contribution < 1.29 is 14.7 Å². The molecule has 1 aliphatic rings. The first kappa shape index (κ1) is 15.3. The largest absolute Gasteiger partial charge is 0.481 e. The number of piperidine rings is 1. The number of aryl methyl sites for hydroxylation is 1. The Morgan fingerprint density at radius 3 is 2.90 bits per heavy atom. The number of carboxylic acids is 1. The van der Waals surface area contributed by atoms with Crippen LogP contribution in [0.15, 0.2) is 23.1 Å². The second-order valence-electron chi connectivity index (χ2n) is 5.53. The van der Waals surface area contributed by atoms with Gasteiger partial charge in [0.1, 0.15) is 5.56 Å². The fraction of sp³-hybridized carbons (Fsp3) is 0.533. The highest BCUT2D eigenvalue weighted by atomic mass is 16.4. The number of carbonyl (C=O) groups is 2. The highest BCUT2D eigenvalue weighted by Crippen LogP contribution is 2.21. The van der Waals surface area contributed by atoms with E-state index < -0.39 is 5.97 Å². The van der Waals surface area contributed by atoms with Crippen LogP contribution in [-0.2, 0) is 11.8 Å². The third-order valence-electron chi connectivity index (χ3n) is 3.93. The SMILES string of the molecule is Cn1cccc(C(=O)N2CCCC(CCC(=O)O)C2)c1=O. The van der Waals surface area contributed by atoms with E-state index in [1.807, 2.05) is 0 Å². The fourth-order valence-electron chi connectivity index (χ4n) is 2.74. The number of aliphatic carboxylic acids is 1. The molecule has 1 unspecified atom stereocenters. The van der Waals surface area contributed by atoms with Gasteiger partial charge in [-0.1, -0.05) is 0 Å². The van der Waals surface area contributed by atoms with Gasteiger partial charge in [-0.05, 0) is 37.3 Å². The highest BCUT2D eigenvalue weighted by Gasteiger charge is 2.26. The Morgan fingerprint density at radius 1 is 1.43 bits per heavy atom. The zero-order chi connectivity index (χ0) is 15.4. The third-order valence-corrected chi connectivity index (χ3v) is 3.93. The molecule has 1 fully saturated rings. The van der Waals surface area contributed by atoms with Crippen LogP contribution in [0, 0.1) is 5.92 Å². The summed E-state index contributed by atoms with van der Waals surface area (Å²) in [5.74, 6) is -0.863. The summed E-state index contributed by atoms with van der Waals surface area (Å²) < 4.78 is 1.39. The summed E-state index contributed by atoms with van der Waals surface area (Å²) in [6.07, 6.45) is 4.10. The van der Waals surface area contributed by atoms with E-state index in [1.54, 1.807) is 30.3 Å². The summed E-state index contributed by atoms with van der Waals surface area (Å²) in [7, 11) is 1.62. The molecule has 1 N–H and O–H groups in total. The van der Waals surface area contributed by atoms with E-state index in [2.05, 4.69) is 0 Å². The van der Waals surface area contributed by atoms with E-state index >= 15 is 0 Å². The van der Waals surface area contributed by atoms with Gasteiger partial charge in [0.15, 0.2) is 0 Å². The van der Waals surface area contributed by atoms with Gasteiger partial charge in [-0.25, -0.2) is 0 Å². The number of likely N-dealkylation sites (tertiary alicyclic amines) is 1. The zero-order valence-electron chi connectivity index (χ0n) is 12.1. The van der Waals surface area contributed by atoms with Gasteiger partial charge in [-0.15, -0.1) is 0 Å². The second kappa shape index (κ2) is 6.56. The molecule has 1 aromatic rings. The standard InChI is InChI=1S/C15H20N2O4/c1-16-8-3-5-12(14(16)20)15(21)17-9-2-4-11(10-17)6-7-13(18)19/h3,5,8,11H,2,4,6-7,9-10H2,1H3,(H,18,19). The predicted octanol–water partition coefficient (Wildman–Crippen LogP) is 1.10. The maximum atomic E-state index is 12.5. The van der Waals surface area contributed by atoms with Crippen molar-refractivity contribution in [3.63, 3.8) is 0 Å². The van der Waals surface area contributed by atoms with Crippen molar-refractivity contribution in [3.8, 4) is 0 Å². The molecule has 0 aliphatic carbocycles. The van der Waals surface area contributed by atoms with Gasteiger partial charge < -0.3 is 14.6 Å². The Hall–Kier alpha value is -2.11. The monoisotopic (exact) mass is 292 g/mol. The van der Waals surface area contributed by atoms with Crippen LogP contribution in [0.2, 0.25) is 0 Å². The summed E-state index contributed by atoms with van der Waals surface area (Å²) in [6.45, 7) is 1.16. The summed E-state index contributed by atoms with van der Waals surface area (Å²) in [5.41, 5.74) is -0.117. The van der Waals surface area contributed by atoms with Crippen LogP contribution < -0.4 is 5.56 Å². The maximum Gasteiger partial charge on any atom is 0.303 e. The van der Waals surface area contributed by atoms with Gasteiger partial charge in [-0.2, -0.15) is 0 Å². The molecule has 1 amide bonds. The van der Waals surface area contributed by atoms with Gasteiger partial charge in [0.25, 0.3) is 11.5 Å². The van der Waals surface area contributed by atoms with E-state index in [0.717, 1.165) is 12.8 Å². The molecule has 2 heterocycles. The van der Waals surface area contributed by atoms with Gasteiger partial charge >= 0.3 is 5.97 Å². The van der Waals surface area contributed by atoms with Crippen LogP contribution in [0.4, 0.5) is 0 Å². The average molecular weight is 292 g/mol. The number of pyridine rings is 1. The molecule has 0 aromatic carbocycles. The minimum Gasteiger partial charge on any atom is -0.481 e. The number of nitrogens with zero attached hydrogens (tertiary/aromatic N) is 2. The summed E-state index contributed by atoms with van der Waals surface area (Å²) in [5, 5.41) is 8.74. The number of amides is 1. The van der Waals surface area contributed by atoms with E-state index in [9.17, 15) is 14.4 Å². The molecule has 1 aromatic heterocycles. The molecule has 0 spiro atoms. The number of hydrogen-bond acceptors (Lipinski definition) is 3. The molecule has 0 saturated carbocycles. The van der Waals surface area contributed by atoms with Crippen LogP contribution >= 0.6 is 0 Å². The molecule has 2 rings (SSSR count). The fourth-order valence-corrected chi connectivity index (χ4v) is 2.74. The lowest BCUT2D eigenvalue weighted by atomic mass is 9.93. The minimum absolute atomic E-state index is 0.125. The lowest BCUT2D eigenvalue weighted by Gasteiger charge is -2.32. The van der Waals surface area contributed by atoms with Crippen molar-refractivity contribution in [1.29, 1.82) is 0 Å². The van der Waals surface area contributed by atoms with Crippen molar-refractivity contribution in [1.82, 2.24) is 9.47 Å². The third kappa shape index (κ3) is 3.71. The lowest BCUT2D eigenvalue weighted by molar-refractivity contribution is -0.137. The smallest absolute Gasteiger partial charge is 0.303 e. The van der Waals surface area contributed by atoms with Gasteiger partial charge in [0, 0.05) is 32.8 Å². The molecule has 6 nitrogen and oxygen atoms in total. The van der Waals surface area contributed by atoms with Crippen LogP contribution in [0.25, 0.3) is 0 Å². The first-order valence-corrected chi connectivity index (χ1v) is 7.15. The maximum absolute atomic E-state index is 12.5. The number of rotatable bonds is 4. The number of carbonyl (C=O) groups excluding carboxylic acids is 1. The van der Waals surface area contributed by atoms with E-state index in [4.69, 9.17) is 5.11 Å². The molecule has 114 valence electrons. The topological polar surface area (TPSA) is 79.6 Å². The Bertz CT molecular complexity index is 594. The number of aromatic nitrogens is 1. The van der Waals surface area contributed by atoms with Gasteiger partial charge in [-0.3, -0.25) is 14.4 Å². The van der Waals surface area contributed by atoms with Gasteiger partial charge in [0.05, 0.1) is 0 Å². The molecular formula is C15H20N2O4. The number of hydrogen-bond donors (Lipinski definition) is 1. The Labute approximate surface area is 123 Å². The Balaban J connectivity index is 2.07. The average Bonchev–Trinajstić information content (AvgIpc) is 2.47. The van der Waals surface area contributed by atoms with E-state index in [-0.39, 0.29) is 29.4 Å².